The second-order valence-corrected chi connectivity index (χ2v) is 6.65. The van der Waals surface area contributed by atoms with E-state index >= 15 is 0 Å². The van der Waals surface area contributed by atoms with Crippen molar-refractivity contribution in [2.24, 2.45) is 0 Å². The van der Waals surface area contributed by atoms with E-state index in [0.29, 0.717) is 5.69 Å². The zero-order valence-electron chi connectivity index (χ0n) is 15.2. The Labute approximate surface area is 153 Å². The Kier molecular flexibility index (Phi) is 4.29. The Hall–Kier alpha value is -2.95. The number of H-pyrrole nitrogens is 1. The van der Waals surface area contributed by atoms with Crippen LogP contribution in [0, 0.1) is 6.92 Å². The molecule has 4 rings (SSSR count). The number of nitrogens with one attached hydrogen (secondary N) is 1. The lowest BCUT2D eigenvalue weighted by molar-refractivity contribution is 0.0741. The highest BCUT2D eigenvalue weighted by atomic mass is 16.5. The molecule has 1 N–H and O–H groups in total. The molecule has 0 bridgehead atoms. The molecule has 5 heteroatoms. The fourth-order valence-electron chi connectivity index (χ4n) is 3.61. The van der Waals surface area contributed by atoms with Crippen molar-refractivity contribution < 1.29 is 9.53 Å². The molecular weight excluding hydrogens is 326 g/mol. The standard InChI is InChI=1S/C21H23N3O2/c1-15-18-5-3-4-6-19(18)22-20(15)21(25)24-13-11-23(12-14-24)16-7-9-17(26-2)10-8-16/h3-10,22H,11-14H2,1-2H3. The van der Waals surface area contributed by atoms with Gasteiger partial charge in [0, 0.05) is 42.8 Å². The average Bonchev–Trinajstić information content (AvgIpc) is 3.04. The third-order valence-corrected chi connectivity index (χ3v) is 5.18. The van der Waals surface area contributed by atoms with Crippen molar-refractivity contribution in [3.63, 3.8) is 0 Å². The number of carbonyl (C=O) groups excluding carboxylic acids is 1. The predicted octanol–water partition coefficient (Wildman–Crippen LogP) is 3.45. The van der Waals surface area contributed by atoms with Gasteiger partial charge in [0.1, 0.15) is 11.4 Å². The molecule has 3 aromatic rings. The number of hydrogen-bond acceptors (Lipinski definition) is 3. The maximum absolute atomic E-state index is 13.0. The first kappa shape index (κ1) is 16.5. The SMILES string of the molecule is COc1ccc(N2CCN(C(=O)c3[nH]c4ccccc4c3C)CC2)cc1. The van der Waals surface area contributed by atoms with E-state index in [1.165, 1.54) is 5.69 Å². The molecular formula is C21H23N3O2. The number of aryl methyl sites for hydroxylation is 1. The molecule has 1 amide bonds. The van der Waals surface area contributed by atoms with Gasteiger partial charge in [0.15, 0.2) is 0 Å². The fourth-order valence-corrected chi connectivity index (χ4v) is 3.61. The maximum atomic E-state index is 13.0. The van der Waals surface area contributed by atoms with Crippen LogP contribution in [0.25, 0.3) is 10.9 Å². The number of benzene rings is 2. The molecule has 26 heavy (non-hydrogen) atoms. The van der Waals surface area contributed by atoms with Gasteiger partial charge in [-0.25, -0.2) is 0 Å². The Bertz CT molecular complexity index is 922. The number of fused-ring (bicyclic) bond motifs is 1. The molecule has 0 radical (unpaired) electrons. The maximum Gasteiger partial charge on any atom is 0.270 e. The second kappa shape index (κ2) is 6.75. The van der Waals surface area contributed by atoms with E-state index in [4.69, 9.17) is 4.74 Å². The molecule has 134 valence electrons. The zero-order valence-corrected chi connectivity index (χ0v) is 15.2. The van der Waals surface area contributed by atoms with Crippen LogP contribution >= 0.6 is 0 Å². The molecule has 0 atom stereocenters. The number of hydrogen-bond donors (Lipinski definition) is 1. The lowest BCUT2D eigenvalue weighted by Crippen LogP contribution is -2.49. The van der Waals surface area contributed by atoms with Gasteiger partial charge in [0.05, 0.1) is 7.11 Å². The molecule has 1 fully saturated rings. The Balaban J connectivity index is 1.46. The lowest BCUT2D eigenvalue weighted by atomic mass is 10.1. The van der Waals surface area contributed by atoms with Gasteiger partial charge >= 0.3 is 0 Å². The van der Waals surface area contributed by atoms with Crippen LogP contribution < -0.4 is 9.64 Å². The smallest absolute Gasteiger partial charge is 0.270 e. The number of rotatable bonds is 3. The molecule has 1 aliphatic heterocycles. The number of para-hydroxylation sites is 1. The zero-order chi connectivity index (χ0) is 18.1. The summed E-state index contributed by atoms with van der Waals surface area (Å²) in [5.41, 5.74) is 3.93. The number of piperazine rings is 1. The van der Waals surface area contributed by atoms with Crippen LogP contribution in [0.5, 0.6) is 5.75 Å². The summed E-state index contributed by atoms with van der Waals surface area (Å²) in [6, 6.07) is 16.1. The van der Waals surface area contributed by atoms with Crippen molar-refractivity contribution in [1.29, 1.82) is 0 Å². The molecule has 1 saturated heterocycles. The highest BCUT2D eigenvalue weighted by molar-refractivity contribution is 6.01. The molecule has 2 aromatic carbocycles. The van der Waals surface area contributed by atoms with Gasteiger partial charge < -0.3 is 19.5 Å². The van der Waals surface area contributed by atoms with Crippen molar-refractivity contribution >= 4 is 22.5 Å². The molecule has 0 saturated carbocycles. The summed E-state index contributed by atoms with van der Waals surface area (Å²) in [6.07, 6.45) is 0. The number of nitrogens with zero attached hydrogens (tertiary/aromatic N) is 2. The van der Waals surface area contributed by atoms with Gasteiger partial charge in [0.2, 0.25) is 0 Å². The molecule has 1 aromatic heterocycles. The van der Waals surface area contributed by atoms with E-state index in [-0.39, 0.29) is 5.91 Å². The predicted molar refractivity (Wildman–Crippen MR) is 104 cm³/mol. The van der Waals surface area contributed by atoms with Crippen molar-refractivity contribution in [2.75, 3.05) is 38.2 Å². The van der Waals surface area contributed by atoms with Crippen LogP contribution in [0.2, 0.25) is 0 Å². The van der Waals surface area contributed by atoms with Crippen molar-refractivity contribution in [3.05, 3.63) is 59.8 Å². The Morgan fingerprint density at radius 2 is 1.69 bits per heavy atom. The number of ether oxygens (including phenoxy) is 1. The van der Waals surface area contributed by atoms with Crippen molar-refractivity contribution in [1.82, 2.24) is 9.88 Å². The molecule has 0 aliphatic carbocycles. The van der Waals surface area contributed by atoms with Crippen LogP contribution in [-0.4, -0.2) is 49.1 Å². The highest BCUT2D eigenvalue weighted by Crippen LogP contribution is 2.24. The number of aromatic nitrogens is 1. The molecule has 0 unspecified atom stereocenters. The van der Waals surface area contributed by atoms with Crippen molar-refractivity contribution in [2.45, 2.75) is 6.92 Å². The van der Waals surface area contributed by atoms with E-state index in [1.807, 2.05) is 42.2 Å². The number of amides is 1. The second-order valence-electron chi connectivity index (χ2n) is 6.65. The van der Waals surface area contributed by atoms with E-state index in [0.717, 1.165) is 48.4 Å². The summed E-state index contributed by atoms with van der Waals surface area (Å²) < 4.78 is 5.22. The minimum Gasteiger partial charge on any atom is -0.497 e. The van der Waals surface area contributed by atoms with E-state index in [9.17, 15) is 4.79 Å². The van der Waals surface area contributed by atoms with Gasteiger partial charge in [-0.15, -0.1) is 0 Å². The molecule has 5 nitrogen and oxygen atoms in total. The number of carbonyl (C=O) groups is 1. The minimum absolute atomic E-state index is 0.0908. The molecule has 2 heterocycles. The van der Waals surface area contributed by atoms with Gasteiger partial charge in [-0.1, -0.05) is 18.2 Å². The summed E-state index contributed by atoms with van der Waals surface area (Å²) >= 11 is 0. The highest BCUT2D eigenvalue weighted by Gasteiger charge is 2.25. The van der Waals surface area contributed by atoms with Crippen LogP contribution in [-0.2, 0) is 0 Å². The van der Waals surface area contributed by atoms with Gasteiger partial charge in [-0.05, 0) is 42.8 Å². The van der Waals surface area contributed by atoms with Crippen LogP contribution in [0.4, 0.5) is 5.69 Å². The van der Waals surface area contributed by atoms with Crippen LogP contribution in [0.1, 0.15) is 16.1 Å². The normalized spacial score (nSPS) is 14.7. The third kappa shape index (κ3) is 2.90. The van der Waals surface area contributed by atoms with Crippen molar-refractivity contribution in [3.8, 4) is 5.75 Å². The Morgan fingerprint density at radius 1 is 1.00 bits per heavy atom. The van der Waals surface area contributed by atoms with Gasteiger partial charge in [-0.2, -0.15) is 0 Å². The fraction of sp³-hybridized carbons (Fsp3) is 0.286. The summed E-state index contributed by atoms with van der Waals surface area (Å²) in [5.74, 6) is 0.949. The summed E-state index contributed by atoms with van der Waals surface area (Å²) in [5, 5.41) is 1.12. The van der Waals surface area contributed by atoms with E-state index < -0.39 is 0 Å². The molecule has 1 aliphatic rings. The first-order valence-electron chi connectivity index (χ1n) is 8.93. The number of aromatic amines is 1. The van der Waals surface area contributed by atoms with Gasteiger partial charge in [0.25, 0.3) is 5.91 Å². The average molecular weight is 349 g/mol. The number of anilines is 1. The largest absolute Gasteiger partial charge is 0.497 e. The van der Waals surface area contributed by atoms with Crippen LogP contribution in [0.15, 0.2) is 48.5 Å². The summed E-state index contributed by atoms with van der Waals surface area (Å²) in [7, 11) is 1.67. The third-order valence-electron chi connectivity index (χ3n) is 5.18. The Morgan fingerprint density at radius 3 is 2.35 bits per heavy atom. The van der Waals surface area contributed by atoms with E-state index in [2.05, 4.69) is 28.1 Å². The number of methoxy groups -OCH3 is 1. The quantitative estimate of drug-likeness (QED) is 0.788. The monoisotopic (exact) mass is 349 g/mol. The first-order chi connectivity index (χ1) is 12.7. The van der Waals surface area contributed by atoms with Crippen LogP contribution in [0.3, 0.4) is 0 Å². The molecule has 0 spiro atoms. The summed E-state index contributed by atoms with van der Waals surface area (Å²) in [4.78, 5) is 20.5. The minimum atomic E-state index is 0.0908. The summed E-state index contributed by atoms with van der Waals surface area (Å²) in [6.45, 7) is 5.12. The van der Waals surface area contributed by atoms with Gasteiger partial charge in [-0.3, -0.25) is 4.79 Å². The topological polar surface area (TPSA) is 48.6 Å². The van der Waals surface area contributed by atoms with E-state index in [1.54, 1.807) is 7.11 Å². The first-order valence-corrected chi connectivity index (χ1v) is 8.93. The lowest BCUT2D eigenvalue weighted by Gasteiger charge is -2.36.